The quantitative estimate of drug-likeness (QED) is 0.777. The van der Waals surface area contributed by atoms with Gasteiger partial charge in [0.15, 0.2) is 0 Å². The van der Waals surface area contributed by atoms with Crippen LogP contribution in [0.25, 0.3) is 0 Å². The van der Waals surface area contributed by atoms with Gasteiger partial charge in [-0.05, 0) is 67.7 Å². The third-order valence-electron chi connectivity index (χ3n) is 4.37. The Morgan fingerprint density at radius 1 is 0.826 bits per heavy atom. The molecule has 0 N–H and O–H groups in total. The zero-order valence-corrected chi connectivity index (χ0v) is 13.8. The maximum Gasteiger partial charge on any atom is 0.119 e. The van der Waals surface area contributed by atoms with Gasteiger partial charge in [0.05, 0.1) is 7.11 Å². The Morgan fingerprint density at radius 3 is 1.96 bits per heavy atom. The molecule has 2 aromatic rings. The molecule has 3 nitrogen and oxygen atoms in total. The monoisotopic (exact) mass is 311 g/mol. The minimum atomic E-state index is 0.776. The Bertz CT molecular complexity index is 586. The summed E-state index contributed by atoms with van der Waals surface area (Å²) in [6.07, 6.45) is 3.60. The van der Waals surface area contributed by atoms with Gasteiger partial charge in [0.25, 0.3) is 0 Å². The molecule has 0 unspecified atom stereocenters. The van der Waals surface area contributed by atoms with Crippen LogP contribution < -0.4 is 9.47 Å². The average Bonchev–Trinajstić information content (AvgIpc) is 3.11. The van der Waals surface area contributed by atoms with E-state index >= 15 is 0 Å². The Balaban J connectivity index is 1.47. The summed E-state index contributed by atoms with van der Waals surface area (Å²) in [6.45, 7) is 4.26. The van der Waals surface area contributed by atoms with Crippen molar-refractivity contribution in [3.8, 4) is 11.5 Å². The lowest BCUT2D eigenvalue weighted by molar-refractivity contribution is 0.238. The predicted molar refractivity (Wildman–Crippen MR) is 93.4 cm³/mol. The molecule has 1 saturated heterocycles. The predicted octanol–water partition coefficient (Wildman–Crippen LogP) is 3.76. The molecule has 0 bridgehead atoms. The number of ether oxygens (including phenoxy) is 2. The number of benzene rings is 2. The van der Waals surface area contributed by atoms with Gasteiger partial charge in [0, 0.05) is 6.54 Å². The zero-order valence-electron chi connectivity index (χ0n) is 13.8. The van der Waals surface area contributed by atoms with Crippen molar-refractivity contribution in [2.75, 3.05) is 33.4 Å². The van der Waals surface area contributed by atoms with Crippen molar-refractivity contribution in [2.45, 2.75) is 19.3 Å². The maximum absolute atomic E-state index is 5.85. The van der Waals surface area contributed by atoms with Gasteiger partial charge < -0.3 is 9.47 Å². The molecule has 0 amide bonds. The number of methoxy groups -OCH3 is 1. The van der Waals surface area contributed by atoms with Crippen LogP contribution in [0.1, 0.15) is 24.0 Å². The second-order valence-electron chi connectivity index (χ2n) is 6.07. The highest BCUT2D eigenvalue weighted by molar-refractivity contribution is 5.34. The van der Waals surface area contributed by atoms with Crippen molar-refractivity contribution in [3.05, 3.63) is 59.7 Å². The number of hydrogen-bond donors (Lipinski definition) is 0. The minimum Gasteiger partial charge on any atom is -0.497 e. The fourth-order valence-corrected chi connectivity index (χ4v) is 2.98. The average molecular weight is 311 g/mol. The normalized spacial score (nSPS) is 14.8. The molecule has 1 heterocycles. The van der Waals surface area contributed by atoms with E-state index < -0.39 is 0 Å². The molecule has 3 heteroatoms. The Hall–Kier alpha value is -2.00. The van der Waals surface area contributed by atoms with Crippen LogP contribution >= 0.6 is 0 Å². The van der Waals surface area contributed by atoms with E-state index in [4.69, 9.17) is 9.47 Å². The van der Waals surface area contributed by atoms with Crippen molar-refractivity contribution in [1.29, 1.82) is 0 Å². The summed E-state index contributed by atoms with van der Waals surface area (Å²) in [5.41, 5.74) is 2.58. The maximum atomic E-state index is 5.85. The van der Waals surface area contributed by atoms with Gasteiger partial charge in [0.2, 0.25) is 0 Å². The molecule has 0 atom stereocenters. The molecule has 1 aliphatic rings. The summed E-state index contributed by atoms with van der Waals surface area (Å²) in [4.78, 5) is 2.47. The van der Waals surface area contributed by atoms with Gasteiger partial charge >= 0.3 is 0 Å². The van der Waals surface area contributed by atoms with E-state index in [0.29, 0.717) is 0 Å². The first-order chi connectivity index (χ1) is 11.3. The molecule has 0 spiro atoms. The first-order valence-electron chi connectivity index (χ1n) is 8.40. The first kappa shape index (κ1) is 15.9. The van der Waals surface area contributed by atoms with Gasteiger partial charge in [-0.2, -0.15) is 0 Å². The van der Waals surface area contributed by atoms with Crippen LogP contribution in [0.5, 0.6) is 11.5 Å². The Kier molecular flexibility index (Phi) is 5.54. The van der Waals surface area contributed by atoms with Crippen LogP contribution in [0.2, 0.25) is 0 Å². The molecule has 1 aliphatic heterocycles. The van der Waals surface area contributed by atoms with E-state index in [1.54, 1.807) is 7.11 Å². The third kappa shape index (κ3) is 4.73. The van der Waals surface area contributed by atoms with Gasteiger partial charge in [-0.15, -0.1) is 0 Å². The molecule has 0 radical (unpaired) electrons. The van der Waals surface area contributed by atoms with Gasteiger partial charge in [0.1, 0.15) is 18.1 Å². The lowest BCUT2D eigenvalue weighted by Gasteiger charge is -2.15. The van der Waals surface area contributed by atoms with Crippen molar-refractivity contribution in [3.63, 3.8) is 0 Å². The summed E-state index contributed by atoms with van der Waals surface area (Å²) in [5.74, 6) is 1.86. The Labute approximate surface area is 138 Å². The van der Waals surface area contributed by atoms with E-state index in [2.05, 4.69) is 41.3 Å². The fourth-order valence-electron chi connectivity index (χ4n) is 2.98. The largest absolute Gasteiger partial charge is 0.497 e. The SMILES string of the molecule is COc1ccc(Cc2ccc(OCCN3CCCC3)cc2)cc1. The molecule has 122 valence electrons. The second kappa shape index (κ2) is 8.02. The topological polar surface area (TPSA) is 21.7 Å². The van der Waals surface area contributed by atoms with Crippen LogP contribution in [0.3, 0.4) is 0 Å². The summed E-state index contributed by atoms with van der Waals surface area (Å²) in [5, 5.41) is 0. The number of rotatable bonds is 7. The summed E-state index contributed by atoms with van der Waals surface area (Å²) in [7, 11) is 1.69. The van der Waals surface area contributed by atoms with Crippen LogP contribution in [-0.2, 0) is 6.42 Å². The molecule has 0 aliphatic carbocycles. The van der Waals surface area contributed by atoms with E-state index in [0.717, 1.165) is 31.1 Å². The van der Waals surface area contributed by atoms with E-state index in [9.17, 15) is 0 Å². The van der Waals surface area contributed by atoms with Crippen LogP contribution in [0.15, 0.2) is 48.5 Å². The molecular formula is C20H25NO2. The van der Waals surface area contributed by atoms with Gasteiger partial charge in [-0.1, -0.05) is 24.3 Å². The number of nitrogens with zero attached hydrogens (tertiary/aromatic N) is 1. The smallest absolute Gasteiger partial charge is 0.119 e. The lowest BCUT2D eigenvalue weighted by atomic mass is 10.0. The molecule has 2 aromatic carbocycles. The molecule has 0 aromatic heterocycles. The van der Waals surface area contributed by atoms with Crippen molar-refractivity contribution in [2.24, 2.45) is 0 Å². The standard InChI is InChI=1S/C20H25NO2/c1-22-19-8-4-17(5-9-19)16-18-6-10-20(11-7-18)23-15-14-21-12-2-3-13-21/h4-11H,2-3,12-16H2,1H3. The van der Waals surface area contributed by atoms with Crippen molar-refractivity contribution in [1.82, 2.24) is 4.90 Å². The molecule has 3 rings (SSSR count). The summed E-state index contributed by atoms with van der Waals surface area (Å²) < 4.78 is 11.0. The van der Waals surface area contributed by atoms with Gasteiger partial charge in [-0.3, -0.25) is 4.90 Å². The fraction of sp³-hybridized carbons (Fsp3) is 0.400. The van der Waals surface area contributed by atoms with Crippen LogP contribution in [0, 0.1) is 0 Å². The third-order valence-corrected chi connectivity index (χ3v) is 4.37. The Morgan fingerprint density at radius 2 is 1.39 bits per heavy atom. The van der Waals surface area contributed by atoms with Gasteiger partial charge in [-0.25, -0.2) is 0 Å². The van der Waals surface area contributed by atoms with E-state index in [-0.39, 0.29) is 0 Å². The highest BCUT2D eigenvalue weighted by atomic mass is 16.5. The van der Waals surface area contributed by atoms with E-state index in [1.807, 2.05) is 12.1 Å². The molecular weight excluding hydrogens is 286 g/mol. The second-order valence-corrected chi connectivity index (χ2v) is 6.07. The summed E-state index contributed by atoms with van der Waals surface area (Å²) in [6, 6.07) is 16.7. The number of likely N-dealkylation sites (tertiary alicyclic amines) is 1. The summed E-state index contributed by atoms with van der Waals surface area (Å²) >= 11 is 0. The zero-order chi connectivity index (χ0) is 15.9. The van der Waals surface area contributed by atoms with Crippen LogP contribution in [-0.4, -0.2) is 38.3 Å². The minimum absolute atomic E-state index is 0.776. The van der Waals surface area contributed by atoms with E-state index in [1.165, 1.54) is 37.1 Å². The molecule has 1 fully saturated rings. The number of hydrogen-bond acceptors (Lipinski definition) is 3. The van der Waals surface area contributed by atoms with Crippen LogP contribution in [0.4, 0.5) is 0 Å². The van der Waals surface area contributed by atoms with Crippen molar-refractivity contribution < 1.29 is 9.47 Å². The molecule has 23 heavy (non-hydrogen) atoms. The highest BCUT2D eigenvalue weighted by Gasteiger charge is 2.10. The van der Waals surface area contributed by atoms with Crippen molar-refractivity contribution >= 4 is 0 Å². The molecule has 0 saturated carbocycles. The highest BCUT2D eigenvalue weighted by Crippen LogP contribution is 2.18. The lowest BCUT2D eigenvalue weighted by Crippen LogP contribution is -2.25. The first-order valence-corrected chi connectivity index (χ1v) is 8.40.